The SMILES string of the molecule is O=C(Nc1cc(-c2ccccc2)[nH]n1)[C@H](CO)NC(=O)C1(c2ccccc2)CC1. The van der Waals surface area contributed by atoms with Crippen molar-refractivity contribution in [3.05, 3.63) is 72.3 Å². The highest BCUT2D eigenvalue weighted by molar-refractivity contribution is 5.99. The van der Waals surface area contributed by atoms with Crippen LogP contribution in [-0.4, -0.2) is 39.8 Å². The maximum Gasteiger partial charge on any atom is 0.250 e. The molecule has 7 heteroatoms. The van der Waals surface area contributed by atoms with Crippen molar-refractivity contribution in [3.8, 4) is 11.3 Å². The monoisotopic (exact) mass is 390 g/mol. The minimum atomic E-state index is -1.06. The van der Waals surface area contributed by atoms with Crippen molar-refractivity contribution in [1.29, 1.82) is 0 Å². The van der Waals surface area contributed by atoms with Crippen LogP contribution in [0.15, 0.2) is 66.7 Å². The van der Waals surface area contributed by atoms with Gasteiger partial charge in [-0.25, -0.2) is 0 Å². The summed E-state index contributed by atoms with van der Waals surface area (Å²) < 4.78 is 0. The van der Waals surface area contributed by atoms with E-state index in [9.17, 15) is 14.7 Å². The molecule has 0 spiro atoms. The lowest BCUT2D eigenvalue weighted by Gasteiger charge is -2.20. The third kappa shape index (κ3) is 3.90. The molecule has 1 saturated carbocycles. The Bertz CT molecular complexity index is 997. The largest absolute Gasteiger partial charge is 0.394 e. The van der Waals surface area contributed by atoms with Crippen LogP contribution in [0.5, 0.6) is 0 Å². The molecule has 0 unspecified atom stereocenters. The third-order valence-electron chi connectivity index (χ3n) is 5.23. The molecule has 7 nitrogen and oxygen atoms in total. The second-order valence-corrected chi connectivity index (χ2v) is 7.18. The summed E-state index contributed by atoms with van der Waals surface area (Å²) in [4.78, 5) is 25.4. The van der Waals surface area contributed by atoms with Crippen molar-refractivity contribution in [3.63, 3.8) is 0 Å². The minimum Gasteiger partial charge on any atom is -0.394 e. The maximum atomic E-state index is 12.8. The number of aliphatic hydroxyl groups is 1. The number of amides is 2. The van der Waals surface area contributed by atoms with Gasteiger partial charge in [0.05, 0.1) is 17.7 Å². The first kappa shape index (κ1) is 18.9. The van der Waals surface area contributed by atoms with Gasteiger partial charge in [-0.05, 0) is 24.0 Å². The maximum absolute atomic E-state index is 12.8. The van der Waals surface area contributed by atoms with Crippen molar-refractivity contribution in [1.82, 2.24) is 15.5 Å². The number of rotatable bonds is 7. The molecule has 1 fully saturated rings. The molecule has 2 aromatic carbocycles. The Hall–Kier alpha value is -3.45. The van der Waals surface area contributed by atoms with Gasteiger partial charge in [0, 0.05) is 6.07 Å². The van der Waals surface area contributed by atoms with Crippen molar-refractivity contribution in [2.45, 2.75) is 24.3 Å². The number of nitrogens with one attached hydrogen (secondary N) is 3. The average molecular weight is 390 g/mol. The highest BCUT2D eigenvalue weighted by atomic mass is 16.3. The topological polar surface area (TPSA) is 107 Å². The van der Waals surface area contributed by atoms with Gasteiger partial charge < -0.3 is 15.7 Å². The van der Waals surface area contributed by atoms with Gasteiger partial charge in [-0.1, -0.05) is 60.7 Å². The number of hydrogen-bond acceptors (Lipinski definition) is 4. The Morgan fingerprint density at radius 3 is 2.34 bits per heavy atom. The molecule has 1 atom stereocenters. The summed E-state index contributed by atoms with van der Waals surface area (Å²) in [5, 5.41) is 21.9. The number of aromatic nitrogens is 2. The van der Waals surface area contributed by atoms with Gasteiger partial charge >= 0.3 is 0 Å². The number of H-pyrrole nitrogens is 1. The molecule has 2 amide bonds. The van der Waals surface area contributed by atoms with Gasteiger partial charge in [-0.15, -0.1) is 0 Å². The molecule has 3 aromatic rings. The van der Waals surface area contributed by atoms with Gasteiger partial charge in [0.1, 0.15) is 6.04 Å². The van der Waals surface area contributed by atoms with Crippen LogP contribution in [0.3, 0.4) is 0 Å². The fourth-order valence-corrected chi connectivity index (χ4v) is 3.38. The van der Waals surface area contributed by atoms with E-state index in [1.807, 2.05) is 60.7 Å². The summed E-state index contributed by atoms with van der Waals surface area (Å²) in [7, 11) is 0. The molecule has 148 valence electrons. The van der Waals surface area contributed by atoms with Gasteiger partial charge in [0.2, 0.25) is 5.91 Å². The average Bonchev–Trinajstić information content (AvgIpc) is 3.46. The predicted octanol–water partition coefficient (Wildman–Crippen LogP) is 2.22. The molecular formula is C22H22N4O3. The van der Waals surface area contributed by atoms with Crippen molar-refractivity contribution >= 4 is 17.6 Å². The second kappa shape index (κ2) is 7.89. The fourth-order valence-electron chi connectivity index (χ4n) is 3.38. The van der Waals surface area contributed by atoms with Crippen LogP contribution in [-0.2, 0) is 15.0 Å². The second-order valence-electron chi connectivity index (χ2n) is 7.18. The highest BCUT2D eigenvalue weighted by Crippen LogP contribution is 2.48. The highest BCUT2D eigenvalue weighted by Gasteiger charge is 2.51. The number of hydrogen-bond donors (Lipinski definition) is 4. The van der Waals surface area contributed by atoms with Crippen LogP contribution in [0.4, 0.5) is 5.82 Å². The summed E-state index contributed by atoms with van der Waals surface area (Å²) in [6.45, 7) is -0.502. The first-order valence-corrected chi connectivity index (χ1v) is 9.51. The van der Waals surface area contributed by atoms with Crippen LogP contribution >= 0.6 is 0 Å². The third-order valence-corrected chi connectivity index (χ3v) is 5.23. The van der Waals surface area contributed by atoms with Crippen molar-refractivity contribution in [2.24, 2.45) is 0 Å². The number of aliphatic hydroxyl groups excluding tert-OH is 1. The van der Waals surface area contributed by atoms with E-state index in [-0.39, 0.29) is 5.91 Å². The number of carbonyl (C=O) groups is 2. The van der Waals surface area contributed by atoms with Crippen molar-refractivity contribution < 1.29 is 14.7 Å². The fraction of sp³-hybridized carbons (Fsp3) is 0.227. The van der Waals surface area contributed by atoms with E-state index in [2.05, 4.69) is 20.8 Å². The molecule has 1 aliphatic rings. The number of anilines is 1. The summed E-state index contributed by atoms with van der Waals surface area (Å²) in [6.07, 6.45) is 1.45. The van der Waals surface area contributed by atoms with Crippen LogP contribution in [0.2, 0.25) is 0 Å². The molecule has 1 aromatic heterocycles. The molecule has 0 aliphatic heterocycles. The van der Waals surface area contributed by atoms with Gasteiger partial charge in [0.15, 0.2) is 5.82 Å². The Morgan fingerprint density at radius 2 is 1.72 bits per heavy atom. The molecule has 0 saturated heterocycles. The smallest absolute Gasteiger partial charge is 0.250 e. The molecule has 1 heterocycles. The molecular weight excluding hydrogens is 368 g/mol. The Kier molecular flexibility index (Phi) is 5.14. The summed E-state index contributed by atoms with van der Waals surface area (Å²) >= 11 is 0. The lowest BCUT2D eigenvalue weighted by atomic mass is 9.94. The van der Waals surface area contributed by atoms with E-state index < -0.39 is 24.0 Å². The number of aromatic amines is 1. The number of benzene rings is 2. The van der Waals surface area contributed by atoms with Gasteiger partial charge in [-0.2, -0.15) is 5.10 Å². The molecule has 4 N–H and O–H groups in total. The van der Waals surface area contributed by atoms with Crippen LogP contribution < -0.4 is 10.6 Å². The zero-order valence-corrected chi connectivity index (χ0v) is 15.8. The van der Waals surface area contributed by atoms with Crippen LogP contribution in [0.25, 0.3) is 11.3 Å². The predicted molar refractivity (Wildman–Crippen MR) is 109 cm³/mol. The van der Waals surface area contributed by atoms with Gasteiger partial charge in [0.25, 0.3) is 5.91 Å². The van der Waals surface area contributed by atoms with E-state index >= 15 is 0 Å². The van der Waals surface area contributed by atoms with Crippen LogP contribution in [0.1, 0.15) is 18.4 Å². The summed E-state index contributed by atoms with van der Waals surface area (Å²) in [5.41, 5.74) is 2.01. The molecule has 0 bridgehead atoms. The quantitative estimate of drug-likeness (QED) is 0.496. The lowest BCUT2D eigenvalue weighted by molar-refractivity contribution is -0.129. The minimum absolute atomic E-state index is 0.245. The van der Waals surface area contributed by atoms with Gasteiger partial charge in [-0.3, -0.25) is 14.7 Å². The number of carbonyl (C=O) groups excluding carboxylic acids is 2. The Labute approximate surface area is 168 Å². The number of nitrogens with zero attached hydrogens (tertiary/aromatic N) is 1. The van der Waals surface area contributed by atoms with E-state index in [1.165, 1.54) is 0 Å². The van der Waals surface area contributed by atoms with E-state index in [0.29, 0.717) is 5.82 Å². The molecule has 1 aliphatic carbocycles. The molecule has 29 heavy (non-hydrogen) atoms. The first-order chi connectivity index (χ1) is 14.1. The standard InChI is InChI=1S/C22H22N4O3/c27-14-18(23-21(29)22(11-12-22)16-9-5-2-6-10-16)20(28)24-19-13-17(25-26-19)15-7-3-1-4-8-15/h1-10,13,18,27H,11-12,14H2,(H,23,29)(H2,24,25,26,28)/t18-/m0/s1. The molecule has 0 radical (unpaired) electrons. The zero-order valence-electron chi connectivity index (χ0n) is 15.8. The van der Waals surface area contributed by atoms with Crippen LogP contribution in [0, 0.1) is 0 Å². The molecule has 4 rings (SSSR count). The van der Waals surface area contributed by atoms with Crippen molar-refractivity contribution in [2.75, 3.05) is 11.9 Å². The first-order valence-electron chi connectivity index (χ1n) is 9.51. The van der Waals surface area contributed by atoms with E-state index in [4.69, 9.17) is 0 Å². The lowest BCUT2D eigenvalue weighted by Crippen LogP contribution is -2.49. The normalized spacial score (nSPS) is 15.3. The summed E-state index contributed by atoms with van der Waals surface area (Å²) in [6, 6.07) is 19.7. The zero-order chi connectivity index (χ0) is 20.3. The Morgan fingerprint density at radius 1 is 1.07 bits per heavy atom. The summed E-state index contributed by atoms with van der Waals surface area (Å²) in [5.74, 6) is -0.438. The van der Waals surface area contributed by atoms with E-state index in [0.717, 1.165) is 29.7 Å². The van der Waals surface area contributed by atoms with E-state index in [1.54, 1.807) is 6.07 Å². The Balaban J connectivity index is 1.41.